The van der Waals surface area contributed by atoms with E-state index in [0.717, 1.165) is 5.56 Å². The smallest absolute Gasteiger partial charge is 0.252 e. The Morgan fingerprint density at radius 1 is 1.22 bits per heavy atom. The van der Waals surface area contributed by atoms with Crippen LogP contribution in [0.3, 0.4) is 0 Å². The second-order valence-electron chi connectivity index (χ2n) is 6.53. The quantitative estimate of drug-likeness (QED) is 0.699. The zero-order chi connectivity index (χ0) is 19.8. The number of carbonyl (C=O) groups is 1. The number of amides is 1. The third-order valence-electron chi connectivity index (χ3n) is 4.20. The molecule has 0 radical (unpaired) electrons. The molecular formula is C19H20N4O3S. The number of rotatable bonds is 5. The van der Waals surface area contributed by atoms with Crippen LogP contribution in [0.1, 0.15) is 29.8 Å². The number of sulfone groups is 1. The first kappa shape index (κ1) is 18.8. The molecule has 0 aliphatic rings. The Hall–Kier alpha value is -3.00. The average molecular weight is 384 g/mol. The van der Waals surface area contributed by atoms with Crippen molar-refractivity contribution in [3.8, 4) is 0 Å². The van der Waals surface area contributed by atoms with Crippen LogP contribution >= 0.6 is 0 Å². The number of primary amides is 1. The molecule has 0 saturated carbocycles. The maximum atomic E-state index is 12.8. The van der Waals surface area contributed by atoms with E-state index in [4.69, 9.17) is 5.73 Å². The first-order chi connectivity index (χ1) is 12.7. The molecule has 0 unspecified atom stereocenters. The summed E-state index contributed by atoms with van der Waals surface area (Å²) in [5.74, 6) is -0.662. The molecule has 7 nitrogen and oxygen atoms in total. The van der Waals surface area contributed by atoms with Crippen LogP contribution in [0, 0.1) is 6.92 Å². The Morgan fingerprint density at radius 2 is 1.96 bits per heavy atom. The minimum atomic E-state index is -3.57. The van der Waals surface area contributed by atoms with Crippen LogP contribution in [-0.2, 0) is 9.84 Å². The molecule has 3 N–H and O–H groups in total. The van der Waals surface area contributed by atoms with Gasteiger partial charge in [-0.15, -0.1) is 0 Å². The summed E-state index contributed by atoms with van der Waals surface area (Å²) in [6.45, 7) is 5.04. The van der Waals surface area contributed by atoms with Crippen molar-refractivity contribution in [1.82, 2.24) is 9.97 Å². The summed E-state index contributed by atoms with van der Waals surface area (Å²) in [6.07, 6.45) is 4.53. The van der Waals surface area contributed by atoms with Crippen LogP contribution in [0.2, 0.25) is 0 Å². The number of hydrogen-bond donors (Lipinski definition) is 2. The Labute approximate surface area is 157 Å². The number of nitrogens with two attached hydrogens (primary N) is 1. The maximum Gasteiger partial charge on any atom is 0.252 e. The van der Waals surface area contributed by atoms with Crippen LogP contribution in [0.5, 0.6) is 0 Å². The molecule has 3 aromatic rings. The molecule has 0 aliphatic heterocycles. The van der Waals surface area contributed by atoms with Gasteiger partial charge in [0.2, 0.25) is 0 Å². The van der Waals surface area contributed by atoms with Gasteiger partial charge in [-0.1, -0.05) is 0 Å². The van der Waals surface area contributed by atoms with Gasteiger partial charge in [0.05, 0.1) is 38.8 Å². The molecule has 27 heavy (non-hydrogen) atoms. The number of hydrogen-bond acceptors (Lipinski definition) is 6. The van der Waals surface area contributed by atoms with Crippen molar-refractivity contribution in [2.75, 3.05) is 5.32 Å². The highest BCUT2D eigenvalue weighted by atomic mass is 32.2. The topological polar surface area (TPSA) is 115 Å². The third-order valence-corrected chi connectivity index (χ3v) is 6.37. The van der Waals surface area contributed by atoms with Crippen molar-refractivity contribution in [2.24, 2.45) is 5.73 Å². The highest BCUT2D eigenvalue weighted by Gasteiger charge is 2.25. The van der Waals surface area contributed by atoms with Gasteiger partial charge in [0, 0.05) is 17.8 Å². The fourth-order valence-electron chi connectivity index (χ4n) is 2.78. The number of carbonyl (C=O) groups excluding carboxylic acids is 1. The molecule has 0 spiro atoms. The fraction of sp³-hybridized carbons (Fsp3) is 0.211. The molecule has 3 rings (SSSR count). The lowest BCUT2D eigenvalue weighted by Crippen LogP contribution is -2.17. The van der Waals surface area contributed by atoms with Crippen molar-refractivity contribution in [2.45, 2.75) is 30.9 Å². The molecule has 1 aromatic carbocycles. The fourth-order valence-corrected chi connectivity index (χ4v) is 4.07. The molecule has 0 atom stereocenters. The monoisotopic (exact) mass is 384 g/mol. The van der Waals surface area contributed by atoms with E-state index in [0.29, 0.717) is 22.3 Å². The standard InChI is InChI=1S/C19H20N4O3S/c1-11(2)27(25,26)16-8-12(3)7-14-17(23-13-5-4-6-21-9-13)15(19(20)24)10-22-18(14)16/h4-11H,1-3H3,(H2,20,24)(H,22,23). The average Bonchev–Trinajstić information content (AvgIpc) is 2.62. The van der Waals surface area contributed by atoms with Gasteiger partial charge in [0.1, 0.15) is 0 Å². The van der Waals surface area contributed by atoms with Gasteiger partial charge in [-0.05, 0) is 50.6 Å². The largest absolute Gasteiger partial charge is 0.365 e. The van der Waals surface area contributed by atoms with E-state index < -0.39 is 21.0 Å². The lowest BCUT2D eigenvalue weighted by atomic mass is 10.1. The Bertz CT molecular complexity index is 1130. The first-order valence-corrected chi connectivity index (χ1v) is 9.90. The predicted octanol–water partition coefficient (Wildman–Crippen LogP) is 2.96. The number of aryl methyl sites for hydroxylation is 1. The molecule has 0 aliphatic carbocycles. The van der Waals surface area contributed by atoms with Gasteiger partial charge >= 0.3 is 0 Å². The summed E-state index contributed by atoms with van der Waals surface area (Å²) in [6, 6.07) is 6.91. The van der Waals surface area contributed by atoms with Crippen LogP contribution in [0.4, 0.5) is 11.4 Å². The Balaban J connectivity index is 2.36. The summed E-state index contributed by atoms with van der Waals surface area (Å²) in [5, 5.41) is 3.04. The van der Waals surface area contributed by atoms with Gasteiger partial charge in [-0.2, -0.15) is 0 Å². The van der Waals surface area contributed by atoms with Crippen molar-refractivity contribution in [1.29, 1.82) is 0 Å². The molecule has 1 amide bonds. The molecule has 2 aromatic heterocycles. The van der Waals surface area contributed by atoms with E-state index in [2.05, 4.69) is 15.3 Å². The number of pyridine rings is 2. The normalized spacial score (nSPS) is 11.7. The first-order valence-electron chi connectivity index (χ1n) is 8.36. The third kappa shape index (κ3) is 3.48. The zero-order valence-electron chi connectivity index (χ0n) is 15.2. The van der Waals surface area contributed by atoms with Crippen molar-refractivity contribution < 1.29 is 13.2 Å². The van der Waals surface area contributed by atoms with E-state index in [1.807, 2.05) is 0 Å². The highest BCUT2D eigenvalue weighted by molar-refractivity contribution is 7.92. The summed E-state index contributed by atoms with van der Waals surface area (Å²) in [7, 11) is -3.57. The minimum absolute atomic E-state index is 0.137. The number of aromatic nitrogens is 2. The van der Waals surface area contributed by atoms with E-state index in [-0.39, 0.29) is 10.5 Å². The number of benzene rings is 1. The van der Waals surface area contributed by atoms with Gasteiger partial charge in [-0.25, -0.2) is 8.42 Å². The summed E-state index contributed by atoms with van der Waals surface area (Å²) >= 11 is 0. The molecule has 2 heterocycles. The SMILES string of the molecule is Cc1cc(S(=O)(=O)C(C)C)c2ncc(C(N)=O)c(Nc3cccnc3)c2c1. The van der Waals surface area contributed by atoms with Crippen LogP contribution < -0.4 is 11.1 Å². The highest BCUT2D eigenvalue weighted by Crippen LogP contribution is 2.34. The molecule has 8 heteroatoms. The van der Waals surface area contributed by atoms with E-state index in [1.165, 1.54) is 6.20 Å². The van der Waals surface area contributed by atoms with E-state index in [1.54, 1.807) is 57.4 Å². The molecular weight excluding hydrogens is 364 g/mol. The molecule has 140 valence electrons. The Kier molecular flexibility index (Phi) is 4.84. The van der Waals surface area contributed by atoms with E-state index in [9.17, 15) is 13.2 Å². The van der Waals surface area contributed by atoms with Crippen LogP contribution in [0.15, 0.2) is 47.8 Å². The van der Waals surface area contributed by atoms with Crippen molar-refractivity contribution in [3.63, 3.8) is 0 Å². The number of fused-ring (bicyclic) bond motifs is 1. The second kappa shape index (κ2) is 6.96. The van der Waals surface area contributed by atoms with Gasteiger partial charge in [0.15, 0.2) is 9.84 Å². The minimum Gasteiger partial charge on any atom is -0.365 e. The number of nitrogens with zero attached hydrogens (tertiary/aromatic N) is 2. The van der Waals surface area contributed by atoms with Gasteiger partial charge in [0.25, 0.3) is 5.91 Å². The molecule has 0 saturated heterocycles. The van der Waals surface area contributed by atoms with Crippen LogP contribution in [-0.4, -0.2) is 29.5 Å². The van der Waals surface area contributed by atoms with Crippen LogP contribution in [0.25, 0.3) is 10.9 Å². The lowest BCUT2D eigenvalue weighted by Gasteiger charge is -2.16. The summed E-state index contributed by atoms with van der Waals surface area (Å²) in [4.78, 5) is 20.4. The summed E-state index contributed by atoms with van der Waals surface area (Å²) < 4.78 is 25.6. The zero-order valence-corrected chi connectivity index (χ0v) is 16.0. The van der Waals surface area contributed by atoms with Crippen molar-refractivity contribution in [3.05, 3.63) is 54.0 Å². The van der Waals surface area contributed by atoms with Crippen molar-refractivity contribution >= 4 is 38.0 Å². The van der Waals surface area contributed by atoms with Gasteiger partial charge < -0.3 is 11.1 Å². The lowest BCUT2D eigenvalue weighted by molar-refractivity contribution is 0.100. The molecule has 0 fully saturated rings. The second-order valence-corrected chi connectivity index (χ2v) is 9.00. The van der Waals surface area contributed by atoms with E-state index >= 15 is 0 Å². The molecule has 0 bridgehead atoms. The number of anilines is 2. The van der Waals surface area contributed by atoms with Gasteiger partial charge in [-0.3, -0.25) is 14.8 Å². The number of nitrogens with one attached hydrogen (secondary N) is 1. The summed E-state index contributed by atoms with van der Waals surface area (Å²) in [5.41, 5.74) is 7.77. The Morgan fingerprint density at radius 3 is 2.56 bits per heavy atom. The predicted molar refractivity (Wildman–Crippen MR) is 105 cm³/mol. The maximum absolute atomic E-state index is 12.8.